The highest BCUT2D eigenvalue weighted by Gasteiger charge is 2.36. The standard InChI is InChI=1S/C14H24N2O2/c1-14(2)10-16(9-8-12(14)17)13(18)15-11-6-4-3-5-7-11/h11H,3-10H2,1-2H3,(H,15,18). The second-order valence-electron chi connectivity index (χ2n) is 6.26. The summed E-state index contributed by atoms with van der Waals surface area (Å²) < 4.78 is 0. The summed E-state index contributed by atoms with van der Waals surface area (Å²) in [6, 6.07) is 0.356. The van der Waals surface area contributed by atoms with Crippen molar-refractivity contribution in [2.45, 2.75) is 58.4 Å². The van der Waals surface area contributed by atoms with Crippen LogP contribution in [0.25, 0.3) is 0 Å². The van der Waals surface area contributed by atoms with E-state index in [1.807, 2.05) is 13.8 Å². The molecule has 0 spiro atoms. The summed E-state index contributed by atoms with van der Waals surface area (Å²) in [6.45, 7) is 4.97. The van der Waals surface area contributed by atoms with Gasteiger partial charge < -0.3 is 10.2 Å². The van der Waals surface area contributed by atoms with Gasteiger partial charge in [0.15, 0.2) is 0 Å². The third-order valence-electron chi connectivity index (χ3n) is 4.17. The van der Waals surface area contributed by atoms with Crippen LogP contribution in [0.1, 0.15) is 52.4 Å². The first kappa shape index (κ1) is 13.4. The first-order chi connectivity index (χ1) is 8.49. The lowest BCUT2D eigenvalue weighted by Crippen LogP contribution is -2.53. The van der Waals surface area contributed by atoms with Crippen LogP contribution in [-0.4, -0.2) is 35.8 Å². The van der Waals surface area contributed by atoms with Gasteiger partial charge in [-0.25, -0.2) is 4.79 Å². The largest absolute Gasteiger partial charge is 0.335 e. The number of piperidine rings is 1. The number of urea groups is 1. The molecule has 2 fully saturated rings. The lowest BCUT2D eigenvalue weighted by molar-refractivity contribution is -0.130. The summed E-state index contributed by atoms with van der Waals surface area (Å²) >= 11 is 0. The number of nitrogens with one attached hydrogen (secondary N) is 1. The van der Waals surface area contributed by atoms with Crippen LogP contribution in [0.15, 0.2) is 0 Å². The van der Waals surface area contributed by atoms with Crippen LogP contribution in [0.2, 0.25) is 0 Å². The third kappa shape index (κ3) is 3.03. The molecule has 0 aromatic carbocycles. The molecule has 0 unspecified atom stereocenters. The molecular formula is C14H24N2O2. The van der Waals surface area contributed by atoms with Crippen molar-refractivity contribution in [1.29, 1.82) is 0 Å². The molecule has 102 valence electrons. The zero-order valence-electron chi connectivity index (χ0n) is 11.5. The maximum absolute atomic E-state index is 12.2. The Morgan fingerprint density at radius 1 is 1.28 bits per heavy atom. The molecule has 0 atom stereocenters. The van der Waals surface area contributed by atoms with Crippen LogP contribution in [0.3, 0.4) is 0 Å². The Hall–Kier alpha value is -1.06. The number of likely N-dealkylation sites (tertiary alicyclic amines) is 1. The summed E-state index contributed by atoms with van der Waals surface area (Å²) in [5.74, 6) is 0.268. The summed E-state index contributed by atoms with van der Waals surface area (Å²) in [4.78, 5) is 25.7. The number of nitrogens with zero attached hydrogens (tertiary/aromatic N) is 1. The summed E-state index contributed by atoms with van der Waals surface area (Å²) in [5.41, 5.74) is -0.387. The Morgan fingerprint density at radius 2 is 1.94 bits per heavy atom. The molecule has 4 heteroatoms. The molecule has 1 N–H and O–H groups in total. The number of rotatable bonds is 1. The second kappa shape index (κ2) is 5.29. The molecule has 0 aromatic heterocycles. The Morgan fingerprint density at radius 3 is 2.56 bits per heavy atom. The quantitative estimate of drug-likeness (QED) is 0.778. The summed E-state index contributed by atoms with van der Waals surface area (Å²) in [5, 5.41) is 3.12. The van der Waals surface area contributed by atoms with E-state index in [4.69, 9.17) is 0 Å². The normalized spacial score (nSPS) is 25.0. The van der Waals surface area contributed by atoms with Crippen molar-refractivity contribution in [1.82, 2.24) is 10.2 Å². The van der Waals surface area contributed by atoms with E-state index >= 15 is 0 Å². The predicted octanol–water partition coefficient (Wildman–Crippen LogP) is 2.33. The Labute approximate surface area is 109 Å². The number of Topliss-reactive ketones (excluding diaryl/α,β-unsaturated/α-hetero) is 1. The van der Waals surface area contributed by atoms with Crippen molar-refractivity contribution in [3.8, 4) is 0 Å². The first-order valence-electron chi connectivity index (χ1n) is 7.08. The molecule has 2 amide bonds. The van der Waals surface area contributed by atoms with Gasteiger partial charge in [0.05, 0.1) is 0 Å². The fourth-order valence-electron chi connectivity index (χ4n) is 2.91. The molecule has 0 radical (unpaired) electrons. The summed E-state index contributed by atoms with van der Waals surface area (Å²) in [6.07, 6.45) is 6.41. The molecule has 18 heavy (non-hydrogen) atoms. The molecule has 1 aliphatic carbocycles. The molecule has 1 heterocycles. The minimum Gasteiger partial charge on any atom is -0.335 e. The van der Waals surface area contributed by atoms with Crippen LogP contribution in [0, 0.1) is 5.41 Å². The van der Waals surface area contributed by atoms with E-state index in [0.29, 0.717) is 25.6 Å². The van der Waals surface area contributed by atoms with Crippen molar-refractivity contribution in [3.05, 3.63) is 0 Å². The number of hydrogen-bond acceptors (Lipinski definition) is 2. The number of ketones is 1. The van der Waals surface area contributed by atoms with Crippen molar-refractivity contribution < 1.29 is 9.59 Å². The average Bonchev–Trinajstić information content (AvgIpc) is 2.34. The van der Waals surface area contributed by atoms with Gasteiger partial charge in [-0.1, -0.05) is 33.1 Å². The Bertz CT molecular complexity index is 333. The van der Waals surface area contributed by atoms with Crippen molar-refractivity contribution in [2.75, 3.05) is 13.1 Å². The van der Waals surface area contributed by atoms with E-state index in [-0.39, 0.29) is 17.2 Å². The van der Waals surface area contributed by atoms with Gasteiger partial charge in [0.1, 0.15) is 5.78 Å². The fraction of sp³-hybridized carbons (Fsp3) is 0.857. The van der Waals surface area contributed by atoms with Gasteiger partial charge in [0, 0.05) is 31.0 Å². The highest BCUT2D eigenvalue weighted by Crippen LogP contribution is 2.25. The second-order valence-corrected chi connectivity index (χ2v) is 6.26. The lowest BCUT2D eigenvalue weighted by Gasteiger charge is -2.37. The molecule has 1 saturated heterocycles. The topological polar surface area (TPSA) is 49.4 Å². The van der Waals surface area contributed by atoms with E-state index in [0.717, 1.165) is 12.8 Å². The first-order valence-corrected chi connectivity index (χ1v) is 7.08. The molecule has 0 bridgehead atoms. The van der Waals surface area contributed by atoms with Crippen LogP contribution in [0.5, 0.6) is 0 Å². The molecular weight excluding hydrogens is 228 g/mol. The Balaban J connectivity index is 1.87. The van der Waals surface area contributed by atoms with Crippen molar-refractivity contribution in [3.63, 3.8) is 0 Å². The average molecular weight is 252 g/mol. The molecule has 1 aliphatic heterocycles. The van der Waals surface area contributed by atoms with E-state index in [1.54, 1.807) is 4.90 Å². The lowest BCUT2D eigenvalue weighted by atomic mass is 9.83. The number of carbonyl (C=O) groups is 2. The minimum atomic E-state index is -0.387. The molecule has 2 rings (SSSR count). The van der Waals surface area contributed by atoms with E-state index < -0.39 is 0 Å². The smallest absolute Gasteiger partial charge is 0.317 e. The zero-order chi connectivity index (χ0) is 13.2. The maximum atomic E-state index is 12.2. The highest BCUT2D eigenvalue weighted by molar-refractivity contribution is 5.87. The van der Waals surface area contributed by atoms with Crippen LogP contribution in [-0.2, 0) is 4.79 Å². The van der Waals surface area contributed by atoms with Gasteiger partial charge in [-0.15, -0.1) is 0 Å². The van der Waals surface area contributed by atoms with Gasteiger partial charge in [-0.3, -0.25) is 4.79 Å². The van der Waals surface area contributed by atoms with Crippen molar-refractivity contribution >= 4 is 11.8 Å². The number of carbonyl (C=O) groups excluding carboxylic acids is 2. The van der Waals surface area contributed by atoms with E-state index in [1.165, 1.54) is 19.3 Å². The predicted molar refractivity (Wildman–Crippen MR) is 70.4 cm³/mol. The molecule has 2 aliphatic rings. The van der Waals surface area contributed by atoms with Gasteiger partial charge in [0.2, 0.25) is 0 Å². The maximum Gasteiger partial charge on any atom is 0.317 e. The van der Waals surface area contributed by atoms with Crippen molar-refractivity contribution in [2.24, 2.45) is 5.41 Å². The SMILES string of the molecule is CC1(C)CN(C(=O)NC2CCCCC2)CCC1=O. The van der Waals surface area contributed by atoms with Gasteiger partial charge in [-0.05, 0) is 12.8 Å². The molecule has 4 nitrogen and oxygen atoms in total. The zero-order valence-corrected chi connectivity index (χ0v) is 11.5. The molecule has 1 saturated carbocycles. The van der Waals surface area contributed by atoms with Gasteiger partial charge in [0.25, 0.3) is 0 Å². The monoisotopic (exact) mass is 252 g/mol. The minimum absolute atomic E-state index is 0.0162. The van der Waals surface area contributed by atoms with E-state index in [2.05, 4.69) is 5.32 Å². The van der Waals surface area contributed by atoms with Crippen LogP contribution >= 0.6 is 0 Å². The highest BCUT2D eigenvalue weighted by atomic mass is 16.2. The van der Waals surface area contributed by atoms with Gasteiger partial charge in [-0.2, -0.15) is 0 Å². The van der Waals surface area contributed by atoms with Crippen LogP contribution < -0.4 is 5.32 Å². The van der Waals surface area contributed by atoms with Gasteiger partial charge >= 0.3 is 6.03 Å². The third-order valence-corrected chi connectivity index (χ3v) is 4.17. The summed E-state index contributed by atoms with van der Waals surface area (Å²) in [7, 11) is 0. The Kier molecular flexibility index (Phi) is 3.93. The van der Waals surface area contributed by atoms with Crippen LogP contribution in [0.4, 0.5) is 4.79 Å². The number of hydrogen-bond donors (Lipinski definition) is 1. The fourth-order valence-corrected chi connectivity index (χ4v) is 2.91. The molecule has 0 aromatic rings. The van der Waals surface area contributed by atoms with E-state index in [9.17, 15) is 9.59 Å². The number of amides is 2.